The van der Waals surface area contributed by atoms with E-state index < -0.39 is 5.97 Å². The maximum absolute atomic E-state index is 11.8. The van der Waals surface area contributed by atoms with Gasteiger partial charge in [-0.1, -0.05) is 6.07 Å². The van der Waals surface area contributed by atoms with Gasteiger partial charge < -0.3 is 23.0 Å². The van der Waals surface area contributed by atoms with Crippen LogP contribution in [0.2, 0.25) is 0 Å². The zero-order valence-corrected chi connectivity index (χ0v) is 12.9. The molecule has 0 radical (unpaired) electrons. The largest absolute Gasteiger partial charge is 0.459 e. The number of aromatic nitrogens is 2. The SMILES string of the molecule is O=C(/C=C/c1ccc2c(c1)OCO2)OCc1nnc(-c2ccco2)o1. The van der Waals surface area contributed by atoms with E-state index in [1.54, 1.807) is 30.3 Å². The van der Waals surface area contributed by atoms with Crippen LogP contribution in [0.4, 0.5) is 0 Å². The summed E-state index contributed by atoms with van der Waals surface area (Å²) in [5.41, 5.74) is 0.791. The minimum atomic E-state index is -0.532. The smallest absolute Gasteiger partial charge is 0.331 e. The van der Waals surface area contributed by atoms with E-state index in [4.69, 9.17) is 23.0 Å². The van der Waals surface area contributed by atoms with E-state index >= 15 is 0 Å². The Kier molecular flexibility index (Phi) is 3.91. The second kappa shape index (κ2) is 6.52. The van der Waals surface area contributed by atoms with Gasteiger partial charge in [0.1, 0.15) is 0 Å². The highest BCUT2D eigenvalue weighted by atomic mass is 16.7. The Balaban J connectivity index is 1.33. The Bertz CT molecular complexity index is 913. The third kappa shape index (κ3) is 3.37. The molecule has 126 valence electrons. The molecule has 25 heavy (non-hydrogen) atoms. The number of benzene rings is 1. The molecule has 0 bridgehead atoms. The second-order valence-corrected chi connectivity index (χ2v) is 5.03. The number of furan rings is 1. The number of hydrogen-bond acceptors (Lipinski definition) is 8. The molecule has 1 aliphatic heterocycles. The molecular weight excluding hydrogens is 328 g/mol. The quantitative estimate of drug-likeness (QED) is 0.517. The first-order valence-corrected chi connectivity index (χ1v) is 7.39. The fraction of sp³-hybridized carbons (Fsp3) is 0.118. The van der Waals surface area contributed by atoms with Crippen molar-refractivity contribution < 1.29 is 27.8 Å². The molecule has 3 aromatic rings. The first kappa shape index (κ1) is 15.0. The molecule has 3 heterocycles. The predicted octanol–water partition coefficient (Wildman–Crippen LogP) is 2.81. The van der Waals surface area contributed by atoms with E-state index in [1.807, 2.05) is 6.07 Å². The highest BCUT2D eigenvalue weighted by Crippen LogP contribution is 2.32. The fourth-order valence-electron chi connectivity index (χ4n) is 2.17. The van der Waals surface area contributed by atoms with E-state index in [0.717, 1.165) is 5.56 Å². The first-order valence-electron chi connectivity index (χ1n) is 7.39. The minimum Gasteiger partial charge on any atom is -0.459 e. The van der Waals surface area contributed by atoms with Crippen molar-refractivity contribution in [3.63, 3.8) is 0 Å². The molecule has 0 saturated carbocycles. The zero-order valence-electron chi connectivity index (χ0n) is 12.9. The molecule has 0 saturated heterocycles. The molecule has 0 atom stereocenters. The van der Waals surface area contributed by atoms with Gasteiger partial charge in [0.2, 0.25) is 6.79 Å². The van der Waals surface area contributed by atoms with E-state index in [-0.39, 0.29) is 25.2 Å². The van der Waals surface area contributed by atoms with Gasteiger partial charge in [-0.3, -0.25) is 0 Å². The van der Waals surface area contributed by atoms with Crippen molar-refractivity contribution in [2.45, 2.75) is 6.61 Å². The van der Waals surface area contributed by atoms with Gasteiger partial charge in [0.25, 0.3) is 11.8 Å². The third-order valence-electron chi connectivity index (χ3n) is 3.35. The van der Waals surface area contributed by atoms with Gasteiger partial charge in [0, 0.05) is 6.08 Å². The van der Waals surface area contributed by atoms with Gasteiger partial charge in [-0.25, -0.2) is 4.79 Å². The molecule has 4 rings (SSSR count). The number of rotatable bonds is 5. The van der Waals surface area contributed by atoms with Gasteiger partial charge in [-0.05, 0) is 35.9 Å². The number of carbonyl (C=O) groups is 1. The zero-order chi connectivity index (χ0) is 17.1. The lowest BCUT2D eigenvalue weighted by Gasteiger charge is -1.99. The van der Waals surface area contributed by atoms with E-state index in [0.29, 0.717) is 17.3 Å². The minimum absolute atomic E-state index is 0.127. The van der Waals surface area contributed by atoms with Crippen LogP contribution in [0, 0.1) is 0 Å². The molecular formula is C17H12N2O6. The summed E-state index contributed by atoms with van der Waals surface area (Å²) in [6.07, 6.45) is 4.42. The molecule has 0 N–H and O–H groups in total. The lowest BCUT2D eigenvalue weighted by atomic mass is 10.2. The van der Waals surface area contributed by atoms with Gasteiger partial charge in [0.15, 0.2) is 23.9 Å². The van der Waals surface area contributed by atoms with Crippen LogP contribution in [0.3, 0.4) is 0 Å². The van der Waals surface area contributed by atoms with E-state index in [2.05, 4.69) is 10.2 Å². The standard InChI is InChI=1S/C17H12N2O6/c20-16(6-4-11-3-5-12-14(8-11)24-10-23-12)22-9-15-18-19-17(25-15)13-2-1-7-21-13/h1-8H,9-10H2/b6-4+. The lowest BCUT2D eigenvalue weighted by Crippen LogP contribution is -2.00. The van der Waals surface area contributed by atoms with Crippen molar-refractivity contribution in [1.82, 2.24) is 10.2 Å². The molecule has 0 unspecified atom stereocenters. The number of esters is 1. The summed E-state index contributed by atoms with van der Waals surface area (Å²) in [6, 6.07) is 8.77. The molecule has 1 aliphatic rings. The first-order chi connectivity index (χ1) is 12.3. The van der Waals surface area contributed by atoms with Crippen molar-refractivity contribution >= 4 is 12.0 Å². The molecule has 8 heteroatoms. The van der Waals surface area contributed by atoms with Crippen molar-refractivity contribution in [2.24, 2.45) is 0 Å². The highest BCUT2D eigenvalue weighted by molar-refractivity contribution is 5.87. The molecule has 0 fully saturated rings. The van der Waals surface area contributed by atoms with Crippen LogP contribution in [0.15, 0.2) is 51.5 Å². The summed E-state index contributed by atoms with van der Waals surface area (Å²) in [6.45, 7) is 0.0761. The van der Waals surface area contributed by atoms with Crippen LogP contribution in [-0.2, 0) is 16.1 Å². The Morgan fingerprint density at radius 1 is 1.20 bits per heavy atom. The van der Waals surface area contributed by atoms with E-state index in [1.165, 1.54) is 12.3 Å². The summed E-state index contributed by atoms with van der Waals surface area (Å²) in [7, 11) is 0. The maximum Gasteiger partial charge on any atom is 0.331 e. The summed E-state index contributed by atoms with van der Waals surface area (Å²) in [5.74, 6) is 1.65. The van der Waals surface area contributed by atoms with Gasteiger partial charge >= 0.3 is 5.97 Å². The average Bonchev–Trinajstić information content (AvgIpc) is 3.38. The van der Waals surface area contributed by atoms with Crippen LogP contribution in [0.5, 0.6) is 11.5 Å². The Labute approximate surface area is 141 Å². The van der Waals surface area contributed by atoms with Crippen molar-refractivity contribution in [1.29, 1.82) is 0 Å². The maximum atomic E-state index is 11.8. The Morgan fingerprint density at radius 3 is 3.00 bits per heavy atom. The molecule has 1 aromatic carbocycles. The van der Waals surface area contributed by atoms with Crippen LogP contribution < -0.4 is 9.47 Å². The van der Waals surface area contributed by atoms with Crippen LogP contribution >= 0.6 is 0 Å². The second-order valence-electron chi connectivity index (χ2n) is 5.03. The topological polar surface area (TPSA) is 96.8 Å². The lowest BCUT2D eigenvalue weighted by molar-refractivity contribution is -0.139. The van der Waals surface area contributed by atoms with Crippen molar-refractivity contribution in [2.75, 3.05) is 6.79 Å². The number of nitrogens with zero attached hydrogens (tertiary/aromatic N) is 2. The highest BCUT2D eigenvalue weighted by Gasteiger charge is 2.13. The predicted molar refractivity (Wildman–Crippen MR) is 83.4 cm³/mol. The van der Waals surface area contributed by atoms with Crippen LogP contribution in [0.1, 0.15) is 11.5 Å². The summed E-state index contributed by atoms with van der Waals surface area (Å²) < 4.78 is 26.1. The summed E-state index contributed by atoms with van der Waals surface area (Å²) in [5, 5.41) is 7.61. The summed E-state index contributed by atoms with van der Waals surface area (Å²) >= 11 is 0. The van der Waals surface area contributed by atoms with E-state index in [9.17, 15) is 4.79 Å². The summed E-state index contributed by atoms with van der Waals surface area (Å²) in [4.78, 5) is 11.8. The number of carbonyl (C=O) groups excluding carboxylic acids is 1. The fourth-order valence-corrected chi connectivity index (χ4v) is 2.17. The molecule has 8 nitrogen and oxygen atoms in total. The van der Waals surface area contributed by atoms with Crippen LogP contribution in [0.25, 0.3) is 17.7 Å². The Morgan fingerprint density at radius 2 is 2.12 bits per heavy atom. The molecule has 2 aromatic heterocycles. The number of fused-ring (bicyclic) bond motifs is 1. The molecule has 0 spiro atoms. The van der Waals surface area contributed by atoms with Gasteiger partial charge in [0.05, 0.1) is 6.26 Å². The third-order valence-corrected chi connectivity index (χ3v) is 3.35. The Hall–Kier alpha value is -3.55. The van der Waals surface area contributed by atoms with Gasteiger partial charge in [-0.15, -0.1) is 10.2 Å². The molecule has 0 aliphatic carbocycles. The number of ether oxygens (including phenoxy) is 3. The van der Waals surface area contributed by atoms with Gasteiger partial charge in [-0.2, -0.15) is 0 Å². The van der Waals surface area contributed by atoms with Crippen molar-refractivity contribution in [3.05, 3.63) is 54.1 Å². The van der Waals surface area contributed by atoms with Crippen molar-refractivity contribution in [3.8, 4) is 23.1 Å². The monoisotopic (exact) mass is 340 g/mol. The number of hydrogen-bond donors (Lipinski definition) is 0. The van der Waals surface area contributed by atoms with Crippen LogP contribution in [-0.4, -0.2) is 23.0 Å². The molecule has 0 amide bonds. The average molecular weight is 340 g/mol. The normalized spacial score (nSPS) is 12.6.